The standard InChI is InChI=1S/C24H20BrN3O/c1-16-14-19(15-26-27-24(29)21-11-5-6-12-22(21)25)17(2)28(16)23-13-7-9-18-8-3-4-10-20(18)23/h3-15H,1-2H3,(H,27,29)/b26-15+. The van der Waals surface area contributed by atoms with Crippen LogP contribution in [0.15, 0.2) is 82.4 Å². The Morgan fingerprint density at radius 3 is 2.55 bits per heavy atom. The quantitative estimate of drug-likeness (QED) is 0.314. The number of benzene rings is 3. The van der Waals surface area contributed by atoms with Crippen molar-refractivity contribution in [3.05, 3.63) is 99.8 Å². The molecule has 144 valence electrons. The molecule has 0 radical (unpaired) electrons. The predicted octanol–water partition coefficient (Wildman–Crippen LogP) is 5.77. The Morgan fingerprint density at radius 2 is 1.72 bits per heavy atom. The number of hydrazone groups is 1. The molecule has 4 rings (SSSR count). The molecule has 5 heteroatoms. The molecule has 1 amide bonds. The maximum absolute atomic E-state index is 12.3. The summed E-state index contributed by atoms with van der Waals surface area (Å²) in [6.45, 7) is 4.14. The van der Waals surface area contributed by atoms with E-state index in [-0.39, 0.29) is 5.91 Å². The first-order chi connectivity index (χ1) is 14.1. The van der Waals surface area contributed by atoms with E-state index < -0.39 is 0 Å². The summed E-state index contributed by atoms with van der Waals surface area (Å²) in [6, 6.07) is 24.0. The van der Waals surface area contributed by atoms with Crippen LogP contribution in [0.1, 0.15) is 27.3 Å². The van der Waals surface area contributed by atoms with Gasteiger partial charge in [0.05, 0.1) is 17.5 Å². The molecule has 0 fully saturated rings. The summed E-state index contributed by atoms with van der Waals surface area (Å²) in [5, 5.41) is 6.57. The molecule has 3 aromatic carbocycles. The third-order valence-corrected chi connectivity index (χ3v) is 5.66. The molecule has 1 N–H and O–H groups in total. The SMILES string of the molecule is Cc1cc(/C=N/NC(=O)c2ccccc2Br)c(C)n1-c1cccc2ccccc12. The van der Waals surface area contributed by atoms with Gasteiger partial charge in [0.1, 0.15) is 0 Å². The summed E-state index contributed by atoms with van der Waals surface area (Å²) >= 11 is 3.39. The average molecular weight is 446 g/mol. The number of hydrogen-bond donors (Lipinski definition) is 1. The molecule has 0 bridgehead atoms. The highest BCUT2D eigenvalue weighted by Crippen LogP contribution is 2.26. The minimum Gasteiger partial charge on any atom is -0.317 e. The van der Waals surface area contributed by atoms with E-state index >= 15 is 0 Å². The van der Waals surface area contributed by atoms with Crippen LogP contribution in [-0.4, -0.2) is 16.7 Å². The molecule has 4 aromatic rings. The Morgan fingerprint density at radius 1 is 1.00 bits per heavy atom. The fourth-order valence-corrected chi connectivity index (χ4v) is 4.02. The minimum atomic E-state index is -0.253. The maximum Gasteiger partial charge on any atom is 0.272 e. The summed E-state index contributed by atoms with van der Waals surface area (Å²) < 4.78 is 2.96. The lowest BCUT2D eigenvalue weighted by molar-refractivity contribution is 0.0954. The molecule has 0 aliphatic carbocycles. The zero-order chi connectivity index (χ0) is 20.4. The van der Waals surface area contributed by atoms with Crippen molar-refractivity contribution < 1.29 is 4.79 Å². The number of carbonyl (C=O) groups is 1. The molecule has 1 heterocycles. The molecule has 29 heavy (non-hydrogen) atoms. The number of nitrogens with zero attached hydrogens (tertiary/aromatic N) is 2. The molecule has 4 nitrogen and oxygen atoms in total. The topological polar surface area (TPSA) is 46.4 Å². The van der Waals surface area contributed by atoms with Crippen LogP contribution in [-0.2, 0) is 0 Å². The second-order valence-corrected chi connectivity index (χ2v) is 7.69. The molecule has 0 unspecified atom stereocenters. The third kappa shape index (κ3) is 3.74. The van der Waals surface area contributed by atoms with Gasteiger partial charge in [-0.1, -0.05) is 48.5 Å². The van der Waals surface area contributed by atoms with Gasteiger partial charge >= 0.3 is 0 Å². The highest BCUT2D eigenvalue weighted by atomic mass is 79.9. The van der Waals surface area contributed by atoms with Gasteiger partial charge in [-0.25, -0.2) is 5.43 Å². The van der Waals surface area contributed by atoms with E-state index in [0.29, 0.717) is 5.56 Å². The van der Waals surface area contributed by atoms with Crippen LogP contribution in [0.25, 0.3) is 16.5 Å². The number of rotatable bonds is 4. The molecular formula is C24H20BrN3O. The van der Waals surface area contributed by atoms with Crippen molar-refractivity contribution in [3.8, 4) is 5.69 Å². The molecule has 1 aromatic heterocycles. The Hall–Kier alpha value is -3.18. The van der Waals surface area contributed by atoms with Gasteiger partial charge in [0.25, 0.3) is 5.91 Å². The van der Waals surface area contributed by atoms with Crippen LogP contribution < -0.4 is 5.43 Å². The van der Waals surface area contributed by atoms with Crippen molar-refractivity contribution in [1.82, 2.24) is 9.99 Å². The van der Waals surface area contributed by atoms with Crippen LogP contribution in [0, 0.1) is 13.8 Å². The lowest BCUT2D eigenvalue weighted by atomic mass is 10.1. The van der Waals surface area contributed by atoms with E-state index in [2.05, 4.69) is 87.3 Å². The monoisotopic (exact) mass is 445 g/mol. The lowest BCUT2D eigenvalue weighted by Crippen LogP contribution is -2.18. The maximum atomic E-state index is 12.3. The van der Waals surface area contributed by atoms with E-state index in [1.165, 1.54) is 10.8 Å². The van der Waals surface area contributed by atoms with E-state index in [4.69, 9.17) is 0 Å². The van der Waals surface area contributed by atoms with Gasteiger partial charge in [0, 0.05) is 26.8 Å². The van der Waals surface area contributed by atoms with Crippen molar-refractivity contribution >= 4 is 38.8 Å². The average Bonchev–Trinajstić information content (AvgIpc) is 3.01. The predicted molar refractivity (Wildman–Crippen MR) is 122 cm³/mol. The highest BCUT2D eigenvalue weighted by Gasteiger charge is 2.12. The summed E-state index contributed by atoms with van der Waals surface area (Å²) in [4.78, 5) is 12.3. The first-order valence-corrected chi connectivity index (χ1v) is 10.1. The number of aromatic nitrogens is 1. The van der Waals surface area contributed by atoms with E-state index in [1.807, 2.05) is 24.3 Å². The number of aryl methyl sites for hydroxylation is 1. The van der Waals surface area contributed by atoms with Crippen LogP contribution in [0.2, 0.25) is 0 Å². The first kappa shape index (κ1) is 19.2. The number of carbonyl (C=O) groups excluding carboxylic acids is 1. The lowest BCUT2D eigenvalue weighted by Gasteiger charge is -2.13. The highest BCUT2D eigenvalue weighted by molar-refractivity contribution is 9.10. The number of nitrogens with one attached hydrogen (secondary N) is 1. The molecule has 0 aliphatic rings. The van der Waals surface area contributed by atoms with Crippen molar-refractivity contribution in [2.75, 3.05) is 0 Å². The van der Waals surface area contributed by atoms with Gasteiger partial charge in [0.2, 0.25) is 0 Å². The molecule has 0 atom stereocenters. The zero-order valence-corrected chi connectivity index (χ0v) is 17.8. The van der Waals surface area contributed by atoms with Gasteiger partial charge in [0.15, 0.2) is 0 Å². The molecule has 0 spiro atoms. The number of amides is 1. The van der Waals surface area contributed by atoms with Gasteiger partial charge in [-0.05, 0) is 59.4 Å². The Balaban J connectivity index is 1.63. The minimum absolute atomic E-state index is 0.253. The molecular weight excluding hydrogens is 426 g/mol. The zero-order valence-electron chi connectivity index (χ0n) is 16.2. The smallest absolute Gasteiger partial charge is 0.272 e. The fourth-order valence-electron chi connectivity index (χ4n) is 3.56. The Labute approximate surface area is 178 Å². The second-order valence-electron chi connectivity index (χ2n) is 6.84. The normalized spacial score (nSPS) is 11.3. The largest absolute Gasteiger partial charge is 0.317 e. The molecule has 0 aliphatic heterocycles. The van der Waals surface area contributed by atoms with Crippen molar-refractivity contribution in [2.45, 2.75) is 13.8 Å². The van der Waals surface area contributed by atoms with Gasteiger partial charge in [-0.2, -0.15) is 5.10 Å². The van der Waals surface area contributed by atoms with Crippen LogP contribution >= 0.6 is 15.9 Å². The summed E-state index contributed by atoms with van der Waals surface area (Å²) in [5.74, 6) is -0.253. The van der Waals surface area contributed by atoms with Crippen molar-refractivity contribution in [3.63, 3.8) is 0 Å². The number of hydrogen-bond acceptors (Lipinski definition) is 2. The van der Waals surface area contributed by atoms with E-state index in [0.717, 1.165) is 27.1 Å². The number of halogens is 1. The fraction of sp³-hybridized carbons (Fsp3) is 0.0833. The molecule has 0 saturated heterocycles. The summed E-state index contributed by atoms with van der Waals surface area (Å²) in [6.07, 6.45) is 1.69. The summed E-state index contributed by atoms with van der Waals surface area (Å²) in [7, 11) is 0. The van der Waals surface area contributed by atoms with Gasteiger partial charge in [-0.15, -0.1) is 0 Å². The van der Waals surface area contributed by atoms with Crippen LogP contribution in [0.4, 0.5) is 0 Å². The van der Waals surface area contributed by atoms with Gasteiger partial charge < -0.3 is 4.57 Å². The van der Waals surface area contributed by atoms with Gasteiger partial charge in [-0.3, -0.25) is 4.79 Å². The number of fused-ring (bicyclic) bond motifs is 1. The second kappa shape index (κ2) is 8.05. The Bertz CT molecular complexity index is 1230. The Kier molecular flexibility index (Phi) is 5.32. The van der Waals surface area contributed by atoms with Crippen molar-refractivity contribution in [1.29, 1.82) is 0 Å². The first-order valence-electron chi connectivity index (χ1n) is 9.31. The van der Waals surface area contributed by atoms with Crippen LogP contribution in [0.5, 0.6) is 0 Å². The van der Waals surface area contributed by atoms with E-state index in [1.54, 1.807) is 12.3 Å². The third-order valence-electron chi connectivity index (χ3n) is 4.97. The van der Waals surface area contributed by atoms with Crippen LogP contribution in [0.3, 0.4) is 0 Å². The summed E-state index contributed by atoms with van der Waals surface area (Å²) in [5.41, 5.74) is 7.42. The van der Waals surface area contributed by atoms with Crippen molar-refractivity contribution in [2.24, 2.45) is 5.10 Å². The van der Waals surface area contributed by atoms with E-state index in [9.17, 15) is 4.79 Å². The molecule has 0 saturated carbocycles.